The number of benzene rings is 4. The Balaban J connectivity index is 0.000000373. The van der Waals surface area contributed by atoms with Crippen LogP contribution < -0.4 is 14.6 Å². The molecule has 0 radical (unpaired) electrons. The van der Waals surface area contributed by atoms with E-state index in [2.05, 4.69) is 13.8 Å². The molecule has 13 heteroatoms. The van der Waals surface area contributed by atoms with Crippen LogP contribution in [0.15, 0.2) is 94.7 Å². The zero-order valence-corrected chi connectivity index (χ0v) is 35.9. The maximum absolute atomic E-state index is 12.0. The van der Waals surface area contributed by atoms with Gasteiger partial charge in [0.25, 0.3) is 10.1 Å². The Morgan fingerprint density at radius 1 is 0.545 bits per heavy atom. The van der Waals surface area contributed by atoms with Crippen molar-refractivity contribution in [3.05, 3.63) is 96.1 Å². The van der Waals surface area contributed by atoms with E-state index in [1.807, 2.05) is 18.2 Å². The minimum absolute atomic E-state index is 0. The summed E-state index contributed by atoms with van der Waals surface area (Å²) in [5.41, 5.74) is 2.13. The summed E-state index contributed by atoms with van der Waals surface area (Å²) in [5.74, 6) is 1.01. The second-order valence-corrected chi connectivity index (χ2v) is 16.2. The molecule has 0 aromatic heterocycles. The van der Waals surface area contributed by atoms with Gasteiger partial charge in [-0.1, -0.05) is 115 Å². The topological polar surface area (TPSA) is 173 Å². The maximum Gasteiger partial charge on any atom is 2.00 e. The van der Waals surface area contributed by atoms with Gasteiger partial charge < -0.3 is 24.2 Å². The predicted octanol–water partition coefficient (Wildman–Crippen LogP) is 10.1. The third-order valence-corrected chi connectivity index (χ3v) is 10.6. The number of ether oxygens (including phenoxy) is 2. The molecular weight excluding hydrogens is 769 g/mol. The fourth-order valence-electron chi connectivity index (χ4n) is 5.76. The van der Waals surface area contributed by atoms with Crippen LogP contribution in [-0.4, -0.2) is 68.8 Å². The van der Waals surface area contributed by atoms with Crippen molar-refractivity contribution in [1.82, 2.24) is 0 Å². The van der Waals surface area contributed by atoms with Crippen molar-refractivity contribution in [2.45, 2.75) is 126 Å². The van der Waals surface area contributed by atoms with Crippen molar-refractivity contribution in [3.8, 4) is 34.5 Å². The first-order valence-electron chi connectivity index (χ1n) is 18.9. The van der Waals surface area contributed by atoms with Crippen molar-refractivity contribution in [3.63, 3.8) is 0 Å². The average Bonchev–Trinajstić information content (AvgIpc) is 3.13. The van der Waals surface area contributed by atoms with Crippen molar-refractivity contribution in [2.24, 2.45) is 0 Å². The number of unbranched alkanes of at least 4 members (excludes halogenated alkanes) is 12. The van der Waals surface area contributed by atoms with Gasteiger partial charge in [0.15, 0.2) is 11.5 Å². The Kier molecular flexibility index (Phi) is 22.3. The monoisotopic (exact) mass is 822 g/mol. The smallest absolute Gasteiger partial charge is 0.870 e. The average molecular weight is 823 g/mol. The first kappa shape index (κ1) is 48.3. The number of phenolic OH excluding ortho intramolecular Hbond substituents is 1. The van der Waals surface area contributed by atoms with Crippen LogP contribution in [0.2, 0.25) is 0 Å². The van der Waals surface area contributed by atoms with Crippen LogP contribution in [0.4, 0.5) is 0 Å². The molecule has 0 aliphatic carbocycles. The SMILES string of the molecule is CCCCCCCCCc1ccc(O)c(Oc2ccc(S(=O)(=O)O)cc2)c1.CCCCCCCCCc1ccc([O-])c(Oc2ccc(S(=O)(=O)[O-])cc2)c1.[Ca+2]. The normalized spacial score (nSPS) is 11.3. The zero-order valence-electron chi connectivity index (χ0n) is 32.1. The van der Waals surface area contributed by atoms with E-state index in [4.69, 9.17) is 14.0 Å². The van der Waals surface area contributed by atoms with E-state index in [1.165, 1.54) is 132 Å². The molecule has 4 aromatic rings. The summed E-state index contributed by atoms with van der Waals surface area (Å²) in [4.78, 5) is -0.531. The molecule has 0 spiro atoms. The Morgan fingerprint density at radius 2 is 0.945 bits per heavy atom. The van der Waals surface area contributed by atoms with Gasteiger partial charge in [-0.25, -0.2) is 8.42 Å². The molecule has 0 aliphatic rings. The first-order chi connectivity index (χ1) is 25.8. The summed E-state index contributed by atoms with van der Waals surface area (Å²) in [6.07, 6.45) is 19.1. The molecule has 0 saturated carbocycles. The maximum atomic E-state index is 12.0. The molecule has 0 bridgehead atoms. The first-order valence-corrected chi connectivity index (χ1v) is 21.8. The summed E-state index contributed by atoms with van der Waals surface area (Å²) in [6.45, 7) is 4.42. The number of phenols is 1. The molecular formula is C42H54CaO10S2. The molecule has 0 atom stereocenters. The quantitative estimate of drug-likeness (QED) is 0.0441. The van der Waals surface area contributed by atoms with Crippen LogP contribution >= 0.6 is 0 Å². The molecule has 55 heavy (non-hydrogen) atoms. The second kappa shape index (κ2) is 25.4. The van der Waals surface area contributed by atoms with Gasteiger partial charge in [-0.2, -0.15) is 8.42 Å². The van der Waals surface area contributed by atoms with Crippen molar-refractivity contribution in [1.29, 1.82) is 0 Å². The molecule has 0 saturated heterocycles. The summed E-state index contributed by atoms with van der Waals surface area (Å²) in [5, 5.41) is 22.0. The Hall–Kier alpha value is -2.84. The van der Waals surface area contributed by atoms with Gasteiger partial charge in [0.2, 0.25) is 0 Å². The van der Waals surface area contributed by atoms with Crippen LogP contribution in [0, 0.1) is 0 Å². The van der Waals surface area contributed by atoms with Crippen LogP contribution in [0.25, 0.3) is 0 Å². The van der Waals surface area contributed by atoms with E-state index in [9.17, 15) is 31.6 Å². The molecule has 0 fully saturated rings. The van der Waals surface area contributed by atoms with Gasteiger partial charge in [0.05, 0.1) is 9.79 Å². The van der Waals surface area contributed by atoms with Gasteiger partial charge in [-0.05, 0) is 104 Å². The minimum atomic E-state index is -4.50. The molecule has 0 amide bonds. The third-order valence-electron chi connectivity index (χ3n) is 8.86. The van der Waals surface area contributed by atoms with Gasteiger partial charge >= 0.3 is 37.7 Å². The van der Waals surface area contributed by atoms with Crippen molar-refractivity contribution < 1.29 is 45.6 Å². The summed E-state index contributed by atoms with van der Waals surface area (Å²) >= 11 is 0. The van der Waals surface area contributed by atoms with Gasteiger partial charge in [-0.3, -0.25) is 4.55 Å². The Labute approximate surface area is 357 Å². The zero-order chi connectivity index (χ0) is 39.4. The molecule has 0 aliphatic heterocycles. The summed E-state index contributed by atoms with van der Waals surface area (Å²) < 4.78 is 75.3. The van der Waals surface area contributed by atoms with Gasteiger partial charge in [0, 0.05) is 0 Å². The number of hydrogen-bond donors (Lipinski definition) is 2. The summed E-state index contributed by atoms with van der Waals surface area (Å²) in [7, 11) is -8.73. The van der Waals surface area contributed by atoms with Gasteiger partial charge in [0.1, 0.15) is 27.4 Å². The van der Waals surface area contributed by atoms with E-state index < -0.39 is 20.2 Å². The number of rotatable bonds is 22. The second-order valence-electron chi connectivity index (χ2n) is 13.4. The fourth-order valence-corrected chi connectivity index (χ4v) is 6.71. The molecule has 4 aromatic carbocycles. The van der Waals surface area contributed by atoms with E-state index >= 15 is 0 Å². The molecule has 10 nitrogen and oxygen atoms in total. The molecule has 4 rings (SSSR count). The molecule has 0 unspecified atom stereocenters. The van der Waals surface area contributed by atoms with Crippen LogP contribution in [0.3, 0.4) is 0 Å². The van der Waals surface area contributed by atoms with Crippen LogP contribution in [-0.2, 0) is 33.1 Å². The third kappa shape index (κ3) is 18.8. The number of hydrogen-bond acceptors (Lipinski definition) is 9. The number of aromatic hydroxyl groups is 1. The molecule has 0 heterocycles. The van der Waals surface area contributed by atoms with Crippen molar-refractivity contribution in [2.75, 3.05) is 0 Å². The predicted molar refractivity (Wildman–Crippen MR) is 214 cm³/mol. The van der Waals surface area contributed by atoms with E-state index in [-0.39, 0.29) is 64.8 Å². The minimum Gasteiger partial charge on any atom is -0.870 e. The van der Waals surface area contributed by atoms with Crippen molar-refractivity contribution >= 4 is 58.0 Å². The number of aryl methyl sites for hydroxylation is 2. The van der Waals surface area contributed by atoms with Gasteiger partial charge in [-0.15, -0.1) is 0 Å². The standard InChI is InChI=1S/2C21H28O5S.Ca/c2*1-2-3-4-5-6-7-8-9-17-10-15-20(22)21(16-17)26-18-11-13-19(14-12-18)27(23,24)25;/h2*10-16,22H,2-9H2,1H3,(H,23,24,25);/q;;+2/p-2. The summed E-state index contributed by atoms with van der Waals surface area (Å²) in [6, 6.07) is 20.8. The van der Waals surface area contributed by atoms with E-state index in [1.54, 1.807) is 12.1 Å². The molecule has 296 valence electrons. The molecule has 2 N–H and O–H groups in total. The largest absolute Gasteiger partial charge is 2.00 e. The Bertz CT molecular complexity index is 1770. The van der Waals surface area contributed by atoms with Crippen LogP contribution in [0.5, 0.6) is 34.5 Å². The fraction of sp³-hybridized carbons (Fsp3) is 0.429. The van der Waals surface area contributed by atoms with E-state index in [0.29, 0.717) is 17.2 Å². The van der Waals surface area contributed by atoms with Crippen LogP contribution in [0.1, 0.15) is 115 Å². The van der Waals surface area contributed by atoms with E-state index in [0.717, 1.165) is 36.8 Å². The Morgan fingerprint density at radius 3 is 1.40 bits per heavy atom.